The van der Waals surface area contributed by atoms with E-state index in [-0.39, 0.29) is 22.2 Å². The molecule has 0 bridgehead atoms. The molecule has 0 spiro atoms. The number of anilines is 1. The van der Waals surface area contributed by atoms with Crippen LogP contribution in [0.25, 0.3) is 0 Å². The molecule has 0 aliphatic heterocycles. The van der Waals surface area contributed by atoms with Crippen molar-refractivity contribution in [2.24, 2.45) is 20.4 Å². The van der Waals surface area contributed by atoms with Crippen molar-refractivity contribution >= 4 is 53.7 Å². The molecule has 6 nitrogen and oxygen atoms in total. The van der Waals surface area contributed by atoms with E-state index in [2.05, 4.69) is 31.0 Å². The summed E-state index contributed by atoms with van der Waals surface area (Å²) < 4.78 is 0. The average Bonchev–Trinajstić information content (AvgIpc) is 2.44. The maximum absolute atomic E-state index is 5.00. The molecule has 0 unspecified atom stereocenters. The van der Waals surface area contributed by atoms with Crippen LogP contribution in [0.2, 0.25) is 0 Å². The Kier molecular flexibility index (Phi) is 11.3. The van der Waals surface area contributed by atoms with Crippen LogP contribution in [0.1, 0.15) is 6.92 Å². The van der Waals surface area contributed by atoms with Crippen molar-refractivity contribution in [1.29, 1.82) is 0 Å². The van der Waals surface area contributed by atoms with Crippen LogP contribution in [-0.4, -0.2) is 29.3 Å². The van der Waals surface area contributed by atoms with E-state index in [1.807, 2.05) is 37.3 Å². The van der Waals surface area contributed by atoms with Gasteiger partial charge in [0.05, 0.1) is 12.4 Å². The van der Waals surface area contributed by atoms with Gasteiger partial charge in [-0.05, 0) is 24.2 Å². The molecule has 0 aliphatic rings. The smallest absolute Gasteiger partial charge is 0.741 e. The van der Waals surface area contributed by atoms with Crippen LogP contribution >= 0.6 is 0 Å². The van der Waals surface area contributed by atoms with Crippen LogP contribution in [0.3, 0.4) is 0 Å². The van der Waals surface area contributed by atoms with Crippen LogP contribution in [0.5, 0.6) is 0 Å². The third-order valence-corrected chi connectivity index (χ3v) is 2.26. The second-order valence-corrected chi connectivity index (χ2v) is 4.13. The van der Waals surface area contributed by atoms with E-state index in [1.54, 1.807) is 0 Å². The summed E-state index contributed by atoms with van der Waals surface area (Å²) in [6.07, 6.45) is 2.75. The van der Waals surface area contributed by atoms with E-state index in [9.17, 15) is 0 Å². The zero-order valence-electron chi connectivity index (χ0n) is 11.2. The summed E-state index contributed by atoms with van der Waals surface area (Å²) in [6, 6.07) is 9.48. The molecule has 0 atom stereocenters. The van der Waals surface area contributed by atoms with Crippen LogP contribution in [0, 0.1) is 0 Å². The van der Waals surface area contributed by atoms with E-state index in [0.717, 1.165) is 5.69 Å². The molecule has 1 radical (unpaired) electrons. The predicted molar refractivity (Wildman–Crippen MR) is 90.3 cm³/mol. The van der Waals surface area contributed by atoms with Gasteiger partial charge < -0.3 is 35.9 Å². The van der Waals surface area contributed by atoms with Crippen LogP contribution in [0.15, 0.2) is 50.7 Å². The van der Waals surface area contributed by atoms with Gasteiger partial charge in [0.15, 0.2) is 0 Å². The van der Waals surface area contributed by atoms with Gasteiger partial charge in [-0.25, -0.2) is 0 Å². The zero-order valence-corrected chi connectivity index (χ0v) is 13.7. The minimum absolute atomic E-state index is 0. The zero-order chi connectivity index (χ0) is 14.6. The Morgan fingerprint density at radius 1 is 1.05 bits per heavy atom. The van der Waals surface area contributed by atoms with Gasteiger partial charge in [-0.15, -0.1) is 0 Å². The molecule has 0 saturated heterocycles. The molecule has 9 heteroatoms. The summed E-state index contributed by atoms with van der Waals surface area (Å²) in [5.41, 5.74) is 0.858. The standard InChI is InChI=1S/C12H16N6S2.Cu/c1-2-13-11(19)17-14-8-9-15-18-12(20)16-10-6-4-3-5-7-10;/h3-9H,2H2,1H3,(H2,13,17,19)(H2,16,18,20);/q;+2/p-2. The number of rotatable bonds is 5. The Labute approximate surface area is 145 Å². The summed E-state index contributed by atoms with van der Waals surface area (Å²) >= 11 is 9.86. The number of nitrogens with one attached hydrogen (secondary N) is 2. The Hall–Kier alpha value is -1.54. The molecule has 1 aromatic rings. The summed E-state index contributed by atoms with van der Waals surface area (Å²) in [4.78, 5) is 0. The summed E-state index contributed by atoms with van der Waals surface area (Å²) in [5, 5.41) is 21.3. The second-order valence-electron chi connectivity index (χ2n) is 3.36. The molecule has 0 aromatic heterocycles. The molecular formula is C12H14CuN6S2. The first kappa shape index (κ1) is 19.5. The van der Waals surface area contributed by atoms with Gasteiger partial charge >= 0.3 is 17.1 Å². The summed E-state index contributed by atoms with van der Waals surface area (Å²) in [5.74, 6) is 0. The fourth-order valence-corrected chi connectivity index (χ4v) is 1.44. The van der Waals surface area contributed by atoms with E-state index in [0.29, 0.717) is 11.7 Å². The van der Waals surface area contributed by atoms with Crippen LogP contribution in [-0.2, 0) is 42.3 Å². The van der Waals surface area contributed by atoms with Crippen molar-refractivity contribution in [2.45, 2.75) is 6.92 Å². The molecule has 0 fully saturated rings. The molecule has 1 aromatic carbocycles. The second kappa shape index (κ2) is 12.2. The SMILES string of the molecule is CCNC([S-])=NN=CC=NN=C([S-])Nc1ccccc1.[Cu+2]. The number of nitrogens with zero attached hydrogens (tertiary/aromatic N) is 4. The van der Waals surface area contributed by atoms with Crippen molar-refractivity contribution in [1.82, 2.24) is 5.32 Å². The van der Waals surface area contributed by atoms with E-state index < -0.39 is 0 Å². The van der Waals surface area contributed by atoms with Crippen LogP contribution < -0.4 is 10.6 Å². The minimum atomic E-state index is 0. The van der Waals surface area contributed by atoms with Crippen molar-refractivity contribution in [2.75, 3.05) is 11.9 Å². The van der Waals surface area contributed by atoms with E-state index in [4.69, 9.17) is 25.3 Å². The number of amidine groups is 2. The Morgan fingerprint density at radius 3 is 2.19 bits per heavy atom. The fourth-order valence-electron chi connectivity index (χ4n) is 1.09. The Morgan fingerprint density at radius 2 is 1.62 bits per heavy atom. The predicted octanol–water partition coefficient (Wildman–Crippen LogP) is 1.48. The first-order valence-corrected chi connectivity index (χ1v) is 6.64. The average molecular weight is 370 g/mol. The fraction of sp³-hybridized carbons (Fsp3) is 0.167. The van der Waals surface area contributed by atoms with E-state index in [1.165, 1.54) is 12.4 Å². The molecular weight excluding hydrogens is 356 g/mol. The largest absolute Gasteiger partial charge is 2.00 e. The van der Waals surface area contributed by atoms with Crippen molar-refractivity contribution < 1.29 is 17.1 Å². The molecule has 2 N–H and O–H groups in total. The minimum Gasteiger partial charge on any atom is -0.741 e. The van der Waals surface area contributed by atoms with Gasteiger partial charge in [0.2, 0.25) is 0 Å². The van der Waals surface area contributed by atoms with Gasteiger partial charge in [-0.1, -0.05) is 18.2 Å². The molecule has 1 rings (SSSR count). The van der Waals surface area contributed by atoms with Gasteiger partial charge in [-0.3, -0.25) is 0 Å². The van der Waals surface area contributed by atoms with Gasteiger partial charge in [0.1, 0.15) is 0 Å². The first-order valence-electron chi connectivity index (χ1n) is 5.83. The van der Waals surface area contributed by atoms with Crippen LogP contribution in [0.4, 0.5) is 5.69 Å². The summed E-state index contributed by atoms with van der Waals surface area (Å²) in [6.45, 7) is 2.63. The Bertz CT molecular complexity index is 516. The van der Waals surface area contributed by atoms with Crippen molar-refractivity contribution in [3.63, 3.8) is 0 Å². The third-order valence-electron chi connectivity index (χ3n) is 1.85. The summed E-state index contributed by atoms with van der Waals surface area (Å²) in [7, 11) is 0. The Balaban J connectivity index is 0.00000400. The quantitative estimate of drug-likeness (QED) is 0.271. The maximum atomic E-state index is 5.00. The topological polar surface area (TPSA) is 73.5 Å². The number of hydrogen-bond donors (Lipinski definition) is 2. The van der Waals surface area contributed by atoms with Gasteiger partial charge in [0, 0.05) is 17.4 Å². The maximum Gasteiger partial charge on any atom is 2.00 e. The number of para-hydroxylation sites is 1. The number of hydrogen-bond acceptors (Lipinski definition) is 6. The molecule has 0 saturated carbocycles. The van der Waals surface area contributed by atoms with E-state index >= 15 is 0 Å². The third kappa shape index (κ3) is 9.91. The molecule has 0 aliphatic carbocycles. The normalized spacial score (nSPS) is 12.4. The van der Waals surface area contributed by atoms with Gasteiger partial charge in [-0.2, -0.15) is 20.4 Å². The number of benzene rings is 1. The molecule has 21 heavy (non-hydrogen) atoms. The first-order chi connectivity index (χ1) is 9.72. The van der Waals surface area contributed by atoms with Crippen molar-refractivity contribution in [3.05, 3.63) is 30.3 Å². The van der Waals surface area contributed by atoms with Gasteiger partial charge in [0.25, 0.3) is 0 Å². The molecule has 115 valence electrons. The molecule has 0 heterocycles. The monoisotopic (exact) mass is 369 g/mol. The molecule has 0 amide bonds. The van der Waals surface area contributed by atoms with Crippen molar-refractivity contribution in [3.8, 4) is 0 Å².